The molecule has 4 aromatic rings. The Morgan fingerprint density at radius 1 is 1.14 bits per heavy atom. The van der Waals surface area contributed by atoms with E-state index in [-0.39, 0.29) is 52.9 Å². The molecule has 0 radical (unpaired) electrons. The number of carbonyl (C=O) groups is 1. The maximum atomic E-state index is 13.2. The number of halogens is 6. The number of anilines is 3. The number of H-pyrrole nitrogens is 1. The Morgan fingerprint density at radius 3 is 2.43 bits per heavy atom. The number of rotatable bonds is 11. The van der Waals surface area contributed by atoms with Crippen molar-refractivity contribution < 1.29 is 44.3 Å². The van der Waals surface area contributed by atoms with E-state index in [1.807, 2.05) is 0 Å². The Balaban J connectivity index is 1.68. The van der Waals surface area contributed by atoms with Gasteiger partial charge >= 0.3 is 11.9 Å². The monoisotopic (exact) mass is 617 g/mol. The van der Waals surface area contributed by atoms with Gasteiger partial charge in [0.15, 0.2) is 5.82 Å². The number of ether oxygens (including phenoxy) is 1. The first-order chi connectivity index (χ1) is 19.7. The average molecular weight is 618 g/mol. The van der Waals surface area contributed by atoms with Crippen molar-refractivity contribution in [1.82, 2.24) is 20.0 Å². The number of aromatic amines is 1. The molecule has 224 valence electrons. The number of carbonyl (C=O) groups excluding carboxylic acids is 1. The SMILES string of the molecule is Cn1nc(Nc2[nH]nc(-c3ccc(NS(=O)(=O)C(F)F)c(OCCc4ccc(F)cc4)c3)c2C(N)=O)cc1C(F)(F)F. The number of hydrogen-bond donors (Lipinski definition) is 4. The molecule has 0 aliphatic heterocycles. The highest BCUT2D eigenvalue weighted by Gasteiger charge is 2.35. The van der Waals surface area contributed by atoms with E-state index in [9.17, 15) is 39.6 Å². The molecule has 2 aromatic carbocycles. The third-order valence-electron chi connectivity index (χ3n) is 5.74. The van der Waals surface area contributed by atoms with Gasteiger partial charge in [0.25, 0.3) is 15.9 Å². The number of aromatic nitrogens is 4. The number of aryl methyl sites for hydroxylation is 1. The molecule has 0 bridgehead atoms. The zero-order valence-corrected chi connectivity index (χ0v) is 22.2. The van der Waals surface area contributed by atoms with Gasteiger partial charge in [-0.3, -0.25) is 19.3 Å². The van der Waals surface area contributed by atoms with Crippen LogP contribution < -0.4 is 20.5 Å². The van der Waals surface area contributed by atoms with Crippen LogP contribution in [0.5, 0.6) is 5.75 Å². The molecule has 0 saturated heterocycles. The van der Waals surface area contributed by atoms with E-state index >= 15 is 0 Å². The fourth-order valence-electron chi connectivity index (χ4n) is 3.80. The van der Waals surface area contributed by atoms with Gasteiger partial charge in [0.1, 0.15) is 34.3 Å². The summed E-state index contributed by atoms with van der Waals surface area (Å²) < 4.78 is 110. The van der Waals surface area contributed by atoms with Crippen molar-refractivity contribution >= 4 is 33.3 Å². The lowest BCUT2D eigenvalue weighted by molar-refractivity contribution is -0.143. The predicted octanol–water partition coefficient (Wildman–Crippen LogP) is 4.40. The van der Waals surface area contributed by atoms with Crippen LogP contribution in [0.3, 0.4) is 0 Å². The van der Waals surface area contributed by atoms with Gasteiger partial charge in [-0.25, -0.2) is 12.8 Å². The second-order valence-corrected chi connectivity index (χ2v) is 10.3. The number of nitrogens with one attached hydrogen (secondary N) is 3. The summed E-state index contributed by atoms with van der Waals surface area (Å²) in [5.74, 6) is -5.98. The maximum absolute atomic E-state index is 13.2. The quantitative estimate of drug-likeness (QED) is 0.182. The Labute approximate surface area is 233 Å². The van der Waals surface area contributed by atoms with Gasteiger partial charge in [-0.2, -0.15) is 32.1 Å². The molecular formula is C24H21F6N7O4S. The van der Waals surface area contributed by atoms with E-state index in [0.29, 0.717) is 16.3 Å². The summed E-state index contributed by atoms with van der Waals surface area (Å²) >= 11 is 0. The van der Waals surface area contributed by atoms with Crippen molar-refractivity contribution in [2.45, 2.75) is 18.4 Å². The summed E-state index contributed by atoms with van der Waals surface area (Å²) in [6.45, 7) is -0.101. The molecule has 0 aliphatic rings. The second kappa shape index (κ2) is 11.6. The van der Waals surface area contributed by atoms with Crippen molar-refractivity contribution in [2.75, 3.05) is 16.6 Å². The molecule has 0 aliphatic carbocycles. The number of hydrogen-bond acceptors (Lipinski definition) is 7. The van der Waals surface area contributed by atoms with E-state index in [4.69, 9.17) is 10.5 Å². The normalized spacial score (nSPS) is 12.0. The van der Waals surface area contributed by atoms with Gasteiger partial charge < -0.3 is 15.8 Å². The van der Waals surface area contributed by atoms with E-state index in [2.05, 4.69) is 20.6 Å². The highest BCUT2D eigenvalue weighted by Crippen LogP contribution is 2.36. The second-order valence-electron chi connectivity index (χ2n) is 8.69. The summed E-state index contributed by atoms with van der Waals surface area (Å²) in [5, 5.41) is 12.7. The van der Waals surface area contributed by atoms with Gasteiger partial charge in [-0.05, 0) is 29.8 Å². The van der Waals surface area contributed by atoms with Crippen molar-refractivity contribution in [3.8, 4) is 17.0 Å². The molecular weight excluding hydrogens is 596 g/mol. The van der Waals surface area contributed by atoms with Crippen LogP contribution in [0.2, 0.25) is 0 Å². The number of alkyl halides is 5. The summed E-state index contributed by atoms with van der Waals surface area (Å²) in [6.07, 6.45) is -4.48. The standard InChI is InChI=1S/C24H21F6N7O4S/c1-37-17(24(28,29)30)11-18(35-37)32-22-19(21(31)38)20(33-34-22)13-4-7-15(36-42(39,40)23(26)27)16(10-13)41-9-8-12-2-5-14(25)6-3-12/h2-7,10-11,23,36H,8-9H2,1H3,(H2,31,38)(H2,32,33,34,35). The number of nitrogens with two attached hydrogens (primary N) is 1. The lowest BCUT2D eigenvalue weighted by atomic mass is 10.1. The van der Waals surface area contributed by atoms with E-state index in [0.717, 1.165) is 13.1 Å². The Bertz CT molecular complexity index is 1700. The summed E-state index contributed by atoms with van der Waals surface area (Å²) in [4.78, 5) is 12.3. The molecule has 5 N–H and O–H groups in total. The number of benzene rings is 2. The number of amides is 1. The third-order valence-corrected chi connectivity index (χ3v) is 6.71. The van der Waals surface area contributed by atoms with E-state index < -0.39 is 39.4 Å². The van der Waals surface area contributed by atoms with Gasteiger partial charge in [-0.15, -0.1) is 0 Å². The summed E-state index contributed by atoms with van der Waals surface area (Å²) in [6, 6.07) is 9.64. The molecule has 1 amide bonds. The Hall–Kier alpha value is -4.74. The average Bonchev–Trinajstić information content (AvgIpc) is 3.49. The minimum absolute atomic E-state index is 0.0990. The fraction of sp³-hybridized carbons (Fsp3) is 0.208. The zero-order chi connectivity index (χ0) is 30.8. The third kappa shape index (κ3) is 6.76. The topological polar surface area (TPSA) is 157 Å². The molecule has 4 rings (SSSR count). The first kappa shape index (κ1) is 30.2. The van der Waals surface area contributed by atoms with Crippen LogP contribution >= 0.6 is 0 Å². The predicted molar refractivity (Wildman–Crippen MR) is 138 cm³/mol. The van der Waals surface area contributed by atoms with Gasteiger partial charge in [-0.1, -0.05) is 18.2 Å². The Kier molecular flexibility index (Phi) is 8.37. The highest BCUT2D eigenvalue weighted by molar-refractivity contribution is 7.93. The van der Waals surface area contributed by atoms with Crippen LogP contribution in [0.15, 0.2) is 48.5 Å². The molecule has 18 heteroatoms. The highest BCUT2D eigenvalue weighted by atomic mass is 32.2. The molecule has 0 saturated carbocycles. The minimum Gasteiger partial charge on any atom is -0.491 e. The van der Waals surface area contributed by atoms with Crippen molar-refractivity contribution in [1.29, 1.82) is 0 Å². The van der Waals surface area contributed by atoms with Crippen molar-refractivity contribution in [3.63, 3.8) is 0 Å². The first-order valence-electron chi connectivity index (χ1n) is 11.7. The first-order valence-corrected chi connectivity index (χ1v) is 13.3. The molecule has 0 spiro atoms. The van der Waals surface area contributed by atoms with Crippen LogP contribution in [0.25, 0.3) is 11.3 Å². The smallest absolute Gasteiger partial charge is 0.433 e. The van der Waals surface area contributed by atoms with Crippen LogP contribution in [0.1, 0.15) is 21.6 Å². The number of primary amides is 1. The van der Waals surface area contributed by atoms with Gasteiger partial charge in [0.05, 0.1) is 12.3 Å². The number of sulfonamides is 1. The Morgan fingerprint density at radius 2 is 1.83 bits per heavy atom. The van der Waals surface area contributed by atoms with Crippen LogP contribution in [0.4, 0.5) is 43.7 Å². The molecule has 0 fully saturated rings. The van der Waals surface area contributed by atoms with Crippen molar-refractivity contribution in [3.05, 3.63) is 71.2 Å². The van der Waals surface area contributed by atoms with Crippen molar-refractivity contribution in [2.24, 2.45) is 12.8 Å². The van der Waals surface area contributed by atoms with Crippen LogP contribution in [-0.2, 0) is 29.7 Å². The van der Waals surface area contributed by atoms with E-state index in [1.54, 1.807) is 4.72 Å². The molecule has 0 unspecified atom stereocenters. The van der Waals surface area contributed by atoms with E-state index in [1.165, 1.54) is 36.4 Å². The lowest BCUT2D eigenvalue weighted by Crippen LogP contribution is -2.21. The molecule has 2 aromatic heterocycles. The number of nitrogens with zero attached hydrogens (tertiary/aromatic N) is 3. The molecule has 0 atom stereocenters. The fourth-order valence-corrected chi connectivity index (χ4v) is 4.37. The van der Waals surface area contributed by atoms with Crippen LogP contribution in [0, 0.1) is 5.82 Å². The molecule has 2 heterocycles. The maximum Gasteiger partial charge on any atom is 0.433 e. The zero-order valence-electron chi connectivity index (χ0n) is 21.3. The lowest BCUT2D eigenvalue weighted by Gasteiger charge is -2.15. The summed E-state index contributed by atoms with van der Waals surface area (Å²) in [5.41, 5.74) is 4.42. The largest absolute Gasteiger partial charge is 0.491 e. The van der Waals surface area contributed by atoms with Gasteiger partial charge in [0.2, 0.25) is 0 Å². The molecule has 11 nitrogen and oxygen atoms in total. The summed E-state index contributed by atoms with van der Waals surface area (Å²) in [7, 11) is -4.03. The molecule has 42 heavy (non-hydrogen) atoms. The van der Waals surface area contributed by atoms with Crippen LogP contribution in [-0.4, -0.2) is 46.7 Å². The van der Waals surface area contributed by atoms with Gasteiger partial charge in [0, 0.05) is 25.1 Å². The minimum atomic E-state index is -5.10.